The fraction of sp³-hybridized carbons (Fsp3) is 0.667. The molecule has 1 atom stereocenters. The summed E-state index contributed by atoms with van der Waals surface area (Å²) in [7, 11) is 0. The lowest BCUT2D eigenvalue weighted by molar-refractivity contribution is 0.357. The van der Waals surface area contributed by atoms with Crippen LogP contribution in [0.15, 0.2) is 18.2 Å². The number of fused-ring (bicyclic) bond motifs is 1. The number of hydrogen-bond donors (Lipinski definition) is 1. The highest BCUT2D eigenvalue weighted by molar-refractivity contribution is 5.39. The highest BCUT2D eigenvalue weighted by atomic mass is 16.5. The number of benzene rings is 1. The molecule has 1 aliphatic heterocycles. The Morgan fingerprint density at radius 1 is 1.20 bits per heavy atom. The van der Waals surface area contributed by atoms with Crippen LogP contribution in [0.2, 0.25) is 0 Å². The van der Waals surface area contributed by atoms with Gasteiger partial charge in [-0.2, -0.15) is 0 Å². The first kappa shape index (κ1) is 15.4. The molecule has 0 saturated carbocycles. The second-order valence-corrected chi connectivity index (χ2v) is 5.87. The predicted octanol–water partition coefficient (Wildman–Crippen LogP) is 4.11. The first-order chi connectivity index (χ1) is 9.83. The van der Waals surface area contributed by atoms with Crippen molar-refractivity contribution in [1.29, 1.82) is 0 Å². The molecule has 1 aromatic carbocycles. The van der Waals surface area contributed by atoms with Crippen LogP contribution in [0.25, 0.3) is 0 Å². The van der Waals surface area contributed by atoms with E-state index in [-0.39, 0.29) is 0 Å². The van der Waals surface area contributed by atoms with Crippen LogP contribution in [0, 0.1) is 0 Å². The minimum Gasteiger partial charge on any atom is -0.493 e. The molecule has 2 rings (SSSR count). The van der Waals surface area contributed by atoms with E-state index in [1.165, 1.54) is 43.2 Å². The molecule has 112 valence electrons. The summed E-state index contributed by atoms with van der Waals surface area (Å²) in [6, 6.07) is 7.38. The third-order valence-corrected chi connectivity index (χ3v) is 4.14. The molecule has 1 unspecified atom stereocenters. The molecule has 0 spiro atoms. The van der Waals surface area contributed by atoms with Crippen molar-refractivity contribution in [2.75, 3.05) is 13.2 Å². The largest absolute Gasteiger partial charge is 0.493 e. The third-order valence-electron chi connectivity index (χ3n) is 4.14. The molecule has 0 saturated heterocycles. The molecule has 0 fully saturated rings. The Morgan fingerprint density at radius 3 is 2.90 bits per heavy atom. The van der Waals surface area contributed by atoms with Crippen molar-refractivity contribution in [3.63, 3.8) is 0 Å². The average Bonchev–Trinajstić information content (AvgIpc) is 2.92. The first-order valence-electron chi connectivity index (χ1n) is 8.31. The molecule has 0 amide bonds. The zero-order valence-electron chi connectivity index (χ0n) is 13.1. The highest BCUT2D eigenvalue weighted by Gasteiger charge is 2.12. The van der Waals surface area contributed by atoms with E-state index in [2.05, 4.69) is 37.4 Å². The molecule has 1 aromatic rings. The highest BCUT2D eigenvalue weighted by Crippen LogP contribution is 2.25. The fourth-order valence-electron chi connectivity index (χ4n) is 2.96. The van der Waals surface area contributed by atoms with Gasteiger partial charge >= 0.3 is 0 Å². The standard InChI is InChI=1S/C18H29NO/c1-3-5-7-17(6-4-2)19-12-10-15-8-9-18-16(14-15)11-13-20-18/h8-9,14,17,19H,3-7,10-13H2,1-2H3. The quantitative estimate of drug-likeness (QED) is 0.732. The monoisotopic (exact) mass is 275 g/mol. The van der Waals surface area contributed by atoms with Gasteiger partial charge in [0.05, 0.1) is 6.61 Å². The van der Waals surface area contributed by atoms with E-state index in [9.17, 15) is 0 Å². The zero-order valence-corrected chi connectivity index (χ0v) is 13.1. The first-order valence-corrected chi connectivity index (χ1v) is 8.31. The number of nitrogens with one attached hydrogen (secondary N) is 1. The van der Waals surface area contributed by atoms with Gasteiger partial charge < -0.3 is 10.1 Å². The van der Waals surface area contributed by atoms with Crippen LogP contribution < -0.4 is 10.1 Å². The van der Waals surface area contributed by atoms with Crippen LogP contribution in [0.3, 0.4) is 0 Å². The Labute approximate surface area is 123 Å². The summed E-state index contributed by atoms with van der Waals surface area (Å²) < 4.78 is 5.56. The van der Waals surface area contributed by atoms with E-state index in [4.69, 9.17) is 4.74 Å². The summed E-state index contributed by atoms with van der Waals surface area (Å²) >= 11 is 0. The topological polar surface area (TPSA) is 21.3 Å². The molecular formula is C18H29NO. The van der Waals surface area contributed by atoms with Gasteiger partial charge in [0.15, 0.2) is 0 Å². The van der Waals surface area contributed by atoms with Crippen molar-refractivity contribution >= 4 is 0 Å². The Morgan fingerprint density at radius 2 is 2.10 bits per heavy atom. The molecule has 0 aromatic heterocycles. The SMILES string of the molecule is CCCCC(CCC)NCCc1ccc2c(c1)CCO2. The Bertz CT molecular complexity index is 402. The summed E-state index contributed by atoms with van der Waals surface area (Å²) in [5.74, 6) is 1.09. The van der Waals surface area contributed by atoms with Crippen molar-refractivity contribution < 1.29 is 4.74 Å². The molecule has 0 radical (unpaired) electrons. The van der Waals surface area contributed by atoms with Gasteiger partial charge in [-0.1, -0.05) is 45.2 Å². The minimum atomic E-state index is 0.706. The van der Waals surface area contributed by atoms with E-state index in [0.717, 1.165) is 31.7 Å². The lowest BCUT2D eigenvalue weighted by atomic mass is 10.0. The van der Waals surface area contributed by atoms with Gasteiger partial charge in [0.25, 0.3) is 0 Å². The Hall–Kier alpha value is -1.02. The summed E-state index contributed by atoms with van der Waals surface area (Å²) in [5, 5.41) is 3.74. The van der Waals surface area contributed by atoms with E-state index < -0.39 is 0 Å². The van der Waals surface area contributed by atoms with Gasteiger partial charge in [0.1, 0.15) is 5.75 Å². The van der Waals surface area contributed by atoms with Crippen molar-refractivity contribution in [3.8, 4) is 5.75 Å². The minimum absolute atomic E-state index is 0.706. The van der Waals surface area contributed by atoms with Crippen LogP contribution in [-0.4, -0.2) is 19.2 Å². The van der Waals surface area contributed by atoms with Crippen LogP contribution >= 0.6 is 0 Å². The normalized spacial score (nSPS) is 14.9. The molecule has 0 aliphatic carbocycles. The van der Waals surface area contributed by atoms with Gasteiger partial charge in [-0.05, 0) is 43.0 Å². The molecular weight excluding hydrogens is 246 g/mol. The third kappa shape index (κ3) is 4.52. The second kappa shape index (κ2) is 8.31. The maximum absolute atomic E-state index is 5.56. The molecule has 2 nitrogen and oxygen atoms in total. The van der Waals surface area contributed by atoms with Crippen LogP contribution in [0.5, 0.6) is 5.75 Å². The van der Waals surface area contributed by atoms with Crippen molar-refractivity contribution in [1.82, 2.24) is 5.32 Å². The molecule has 2 heteroatoms. The molecule has 1 aliphatic rings. The second-order valence-electron chi connectivity index (χ2n) is 5.87. The Balaban J connectivity index is 1.76. The van der Waals surface area contributed by atoms with Crippen molar-refractivity contribution in [3.05, 3.63) is 29.3 Å². The van der Waals surface area contributed by atoms with Crippen LogP contribution in [-0.2, 0) is 12.8 Å². The van der Waals surface area contributed by atoms with Gasteiger partial charge in [-0.15, -0.1) is 0 Å². The molecule has 1 heterocycles. The van der Waals surface area contributed by atoms with Crippen LogP contribution in [0.4, 0.5) is 0 Å². The van der Waals surface area contributed by atoms with Gasteiger partial charge in [-0.25, -0.2) is 0 Å². The fourth-order valence-corrected chi connectivity index (χ4v) is 2.96. The summed E-state index contributed by atoms with van der Waals surface area (Å²) in [4.78, 5) is 0. The number of ether oxygens (including phenoxy) is 1. The van der Waals surface area contributed by atoms with E-state index in [1.807, 2.05) is 0 Å². The van der Waals surface area contributed by atoms with Crippen molar-refractivity contribution in [2.24, 2.45) is 0 Å². The van der Waals surface area contributed by atoms with Crippen molar-refractivity contribution in [2.45, 2.75) is 64.8 Å². The average molecular weight is 275 g/mol. The maximum atomic E-state index is 5.56. The number of rotatable bonds is 9. The summed E-state index contributed by atoms with van der Waals surface area (Å²) in [5.41, 5.74) is 2.83. The number of hydrogen-bond acceptors (Lipinski definition) is 2. The summed E-state index contributed by atoms with van der Waals surface area (Å²) in [6.45, 7) is 6.50. The zero-order chi connectivity index (χ0) is 14.2. The molecule has 0 bridgehead atoms. The predicted molar refractivity (Wildman–Crippen MR) is 85.6 cm³/mol. The lowest BCUT2D eigenvalue weighted by Crippen LogP contribution is -2.30. The van der Waals surface area contributed by atoms with Gasteiger partial charge in [0, 0.05) is 12.5 Å². The number of unbranched alkanes of at least 4 members (excludes halogenated alkanes) is 1. The van der Waals surface area contributed by atoms with Crippen LogP contribution in [0.1, 0.15) is 57.1 Å². The maximum Gasteiger partial charge on any atom is 0.122 e. The molecule has 20 heavy (non-hydrogen) atoms. The van der Waals surface area contributed by atoms with Gasteiger partial charge in [-0.3, -0.25) is 0 Å². The molecule has 1 N–H and O–H groups in total. The van der Waals surface area contributed by atoms with Gasteiger partial charge in [0.2, 0.25) is 0 Å². The Kier molecular flexibility index (Phi) is 6.38. The summed E-state index contributed by atoms with van der Waals surface area (Å²) in [6.07, 6.45) is 8.74. The van der Waals surface area contributed by atoms with E-state index in [0.29, 0.717) is 6.04 Å². The van der Waals surface area contributed by atoms with E-state index >= 15 is 0 Å². The van der Waals surface area contributed by atoms with E-state index in [1.54, 1.807) is 0 Å². The smallest absolute Gasteiger partial charge is 0.122 e. The lowest BCUT2D eigenvalue weighted by Gasteiger charge is -2.18.